The van der Waals surface area contributed by atoms with Gasteiger partial charge in [-0.25, -0.2) is 0 Å². The van der Waals surface area contributed by atoms with E-state index in [0.29, 0.717) is 0 Å². The SMILES string of the molecule is c1ccc2c(-c3c4ccccc4c(-c4ccc5cc(-c6ccc7c(c6)oc6ccc8c(ccc9c%10ccccc%10sc98)c67)ccc5c4)c4ccccc34)cccc2c1. The van der Waals surface area contributed by atoms with E-state index in [1.807, 2.05) is 11.3 Å². The highest BCUT2D eigenvalue weighted by molar-refractivity contribution is 7.26. The van der Waals surface area contributed by atoms with Crippen LogP contribution in [0.5, 0.6) is 0 Å². The number of rotatable bonds is 3. The Morgan fingerprint density at radius 1 is 0.310 bits per heavy atom. The van der Waals surface area contributed by atoms with Crippen LogP contribution in [0.1, 0.15) is 0 Å². The highest BCUT2D eigenvalue weighted by atomic mass is 32.1. The average Bonchev–Trinajstić information content (AvgIpc) is 3.86. The molecule has 0 aliphatic carbocycles. The molecule has 11 aromatic carbocycles. The van der Waals surface area contributed by atoms with Gasteiger partial charge in [-0.2, -0.15) is 0 Å². The number of hydrogen-bond donors (Lipinski definition) is 0. The molecule has 13 rings (SSSR count). The lowest BCUT2D eigenvalue weighted by Crippen LogP contribution is -1.91. The first kappa shape index (κ1) is 31.9. The molecule has 2 aromatic heterocycles. The quantitative estimate of drug-likeness (QED) is 0.164. The monoisotopic (exact) mass is 752 g/mol. The van der Waals surface area contributed by atoms with E-state index in [-0.39, 0.29) is 0 Å². The number of furan rings is 1. The van der Waals surface area contributed by atoms with Gasteiger partial charge in [0.1, 0.15) is 11.2 Å². The topological polar surface area (TPSA) is 13.1 Å². The van der Waals surface area contributed by atoms with E-state index in [1.165, 1.54) is 107 Å². The van der Waals surface area contributed by atoms with Crippen LogP contribution >= 0.6 is 11.3 Å². The Hall–Kier alpha value is -7.26. The maximum atomic E-state index is 6.58. The van der Waals surface area contributed by atoms with E-state index < -0.39 is 0 Å². The molecular weight excluding hydrogens is 721 g/mol. The van der Waals surface area contributed by atoms with E-state index >= 15 is 0 Å². The molecule has 0 aliphatic heterocycles. The highest BCUT2D eigenvalue weighted by Crippen LogP contribution is 2.47. The van der Waals surface area contributed by atoms with Gasteiger partial charge in [-0.05, 0) is 124 Å². The first-order valence-corrected chi connectivity index (χ1v) is 20.7. The Labute approximate surface area is 337 Å². The lowest BCUT2D eigenvalue weighted by atomic mass is 9.84. The summed E-state index contributed by atoms with van der Waals surface area (Å²) in [7, 11) is 0. The molecule has 13 aromatic rings. The lowest BCUT2D eigenvalue weighted by Gasteiger charge is -2.19. The highest BCUT2D eigenvalue weighted by Gasteiger charge is 2.19. The van der Waals surface area contributed by atoms with Gasteiger partial charge in [0.2, 0.25) is 0 Å². The van der Waals surface area contributed by atoms with Crippen LogP contribution in [0.4, 0.5) is 0 Å². The molecule has 2 heteroatoms. The molecule has 0 aliphatic rings. The molecule has 0 fully saturated rings. The van der Waals surface area contributed by atoms with Crippen LogP contribution in [0.15, 0.2) is 199 Å². The van der Waals surface area contributed by atoms with Crippen LogP contribution in [0.25, 0.3) is 129 Å². The molecule has 1 nitrogen and oxygen atoms in total. The third kappa shape index (κ3) is 4.58. The summed E-state index contributed by atoms with van der Waals surface area (Å²) < 4.78 is 9.24. The largest absolute Gasteiger partial charge is 0.456 e. The molecule has 0 saturated carbocycles. The van der Waals surface area contributed by atoms with Gasteiger partial charge in [0.15, 0.2) is 0 Å². The molecule has 58 heavy (non-hydrogen) atoms. The van der Waals surface area contributed by atoms with Crippen molar-refractivity contribution in [3.8, 4) is 33.4 Å². The van der Waals surface area contributed by atoms with Crippen molar-refractivity contribution in [2.45, 2.75) is 0 Å². The summed E-state index contributed by atoms with van der Waals surface area (Å²) in [6.45, 7) is 0. The molecule has 0 spiro atoms. The Morgan fingerprint density at radius 2 is 0.862 bits per heavy atom. The van der Waals surface area contributed by atoms with Gasteiger partial charge >= 0.3 is 0 Å². The minimum atomic E-state index is 0.914. The second kappa shape index (κ2) is 12.1. The predicted octanol–water partition coefficient (Wildman–Crippen LogP) is 16.7. The normalized spacial score (nSPS) is 12.1. The van der Waals surface area contributed by atoms with Crippen LogP contribution in [0, 0.1) is 0 Å². The Bertz CT molecular complexity index is 3800. The fourth-order valence-electron chi connectivity index (χ4n) is 9.80. The van der Waals surface area contributed by atoms with Crippen LogP contribution < -0.4 is 0 Å². The van der Waals surface area contributed by atoms with Crippen molar-refractivity contribution >= 4 is 107 Å². The van der Waals surface area contributed by atoms with Gasteiger partial charge in [0, 0.05) is 36.3 Å². The van der Waals surface area contributed by atoms with Gasteiger partial charge < -0.3 is 4.42 Å². The molecule has 0 radical (unpaired) electrons. The first-order valence-electron chi connectivity index (χ1n) is 19.9. The van der Waals surface area contributed by atoms with Crippen molar-refractivity contribution < 1.29 is 4.42 Å². The summed E-state index contributed by atoms with van der Waals surface area (Å²) in [4.78, 5) is 0. The Balaban J connectivity index is 0.929. The molecular formula is C56H32OS. The van der Waals surface area contributed by atoms with Gasteiger partial charge in [-0.15, -0.1) is 11.3 Å². The molecule has 0 amide bonds. The molecule has 0 bridgehead atoms. The molecule has 0 atom stereocenters. The van der Waals surface area contributed by atoms with Gasteiger partial charge in [0.25, 0.3) is 0 Å². The van der Waals surface area contributed by atoms with Crippen LogP contribution in [0.2, 0.25) is 0 Å². The number of thiophene rings is 1. The summed E-state index contributed by atoms with van der Waals surface area (Å²) in [6.07, 6.45) is 0. The smallest absolute Gasteiger partial charge is 0.136 e. The second-order valence-corrected chi connectivity index (χ2v) is 16.6. The van der Waals surface area contributed by atoms with E-state index in [2.05, 4.69) is 194 Å². The van der Waals surface area contributed by atoms with Crippen LogP contribution in [-0.2, 0) is 0 Å². The zero-order valence-corrected chi connectivity index (χ0v) is 32.1. The predicted molar refractivity (Wildman–Crippen MR) is 250 cm³/mol. The maximum absolute atomic E-state index is 6.58. The number of hydrogen-bond acceptors (Lipinski definition) is 2. The van der Waals surface area contributed by atoms with Gasteiger partial charge in [-0.1, -0.05) is 152 Å². The van der Waals surface area contributed by atoms with Crippen molar-refractivity contribution in [3.63, 3.8) is 0 Å². The zero-order valence-electron chi connectivity index (χ0n) is 31.3. The van der Waals surface area contributed by atoms with Crippen molar-refractivity contribution in [1.29, 1.82) is 0 Å². The zero-order chi connectivity index (χ0) is 37.9. The Morgan fingerprint density at radius 3 is 1.66 bits per heavy atom. The standard InChI is InChI=1S/C56H32OS/c1-2-12-39-33(10-1)11-9-18-41(39)54-44-16-5-3-14-42(44)53(43-15-4-6-17-45(43)54)38-23-22-34-30-35(20-21-36(34)31-38)37-24-25-49-51(32-37)57-50-29-28-48-46(55(49)50)26-27-47-40-13-7-8-19-52(40)58-56(47)48/h1-32H. The molecule has 2 heterocycles. The van der Waals surface area contributed by atoms with E-state index in [0.717, 1.165) is 22.1 Å². The molecule has 268 valence electrons. The fourth-order valence-corrected chi connectivity index (χ4v) is 11.0. The minimum absolute atomic E-state index is 0.914. The molecule has 0 N–H and O–H groups in total. The van der Waals surface area contributed by atoms with Crippen LogP contribution in [-0.4, -0.2) is 0 Å². The Kier molecular flexibility index (Phi) is 6.66. The van der Waals surface area contributed by atoms with Crippen molar-refractivity contribution in [1.82, 2.24) is 0 Å². The van der Waals surface area contributed by atoms with E-state index in [9.17, 15) is 0 Å². The molecule has 0 unspecified atom stereocenters. The number of benzene rings is 11. The third-order valence-corrected chi connectivity index (χ3v) is 13.6. The third-order valence-electron chi connectivity index (χ3n) is 12.4. The maximum Gasteiger partial charge on any atom is 0.136 e. The minimum Gasteiger partial charge on any atom is -0.456 e. The lowest BCUT2D eigenvalue weighted by molar-refractivity contribution is 0.669. The number of fused-ring (bicyclic) bond motifs is 13. The van der Waals surface area contributed by atoms with Crippen molar-refractivity contribution in [2.75, 3.05) is 0 Å². The van der Waals surface area contributed by atoms with Crippen molar-refractivity contribution in [3.05, 3.63) is 194 Å². The summed E-state index contributed by atoms with van der Waals surface area (Å²) in [5, 5.41) is 17.5. The summed E-state index contributed by atoms with van der Waals surface area (Å²) in [6, 6.07) is 71.4. The van der Waals surface area contributed by atoms with E-state index in [4.69, 9.17) is 4.42 Å². The first-order chi connectivity index (χ1) is 28.7. The molecule has 0 saturated heterocycles. The summed E-state index contributed by atoms with van der Waals surface area (Å²) in [5.41, 5.74) is 9.22. The average molecular weight is 753 g/mol. The van der Waals surface area contributed by atoms with E-state index in [1.54, 1.807) is 0 Å². The fraction of sp³-hybridized carbons (Fsp3) is 0. The van der Waals surface area contributed by atoms with Crippen molar-refractivity contribution in [2.24, 2.45) is 0 Å². The summed E-state index contributed by atoms with van der Waals surface area (Å²) >= 11 is 1.88. The van der Waals surface area contributed by atoms with Crippen LogP contribution in [0.3, 0.4) is 0 Å². The van der Waals surface area contributed by atoms with Gasteiger partial charge in [-0.3, -0.25) is 0 Å². The van der Waals surface area contributed by atoms with Gasteiger partial charge in [0.05, 0.1) is 0 Å². The second-order valence-electron chi connectivity index (χ2n) is 15.5. The summed E-state index contributed by atoms with van der Waals surface area (Å²) in [5.74, 6) is 0.